The highest BCUT2D eigenvalue weighted by molar-refractivity contribution is 6.02. The molecular weight excluding hydrogens is 392 g/mol. The summed E-state index contributed by atoms with van der Waals surface area (Å²) in [6.45, 7) is 1.93. The molecule has 1 saturated carbocycles. The van der Waals surface area contributed by atoms with Crippen molar-refractivity contribution < 1.29 is 9.21 Å². The molecule has 0 spiro atoms. The number of carbonyl (C=O) groups excluding carboxylic acids is 1. The van der Waals surface area contributed by atoms with Crippen LogP contribution in [0.15, 0.2) is 41.1 Å². The van der Waals surface area contributed by atoms with Gasteiger partial charge in [0, 0.05) is 17.2 Å². The van der Waals surface area contributed by atoms with Gasteiger partial charge in [-0.15, -0.1) is 17.5 Å². The lowest BCUT2D eigenvalue weighted by Crippen LogP contribution is -2.29. The number of nitrogens with zero attached hydrogens (tertiary/aromatic N) is 4. The molecule has 2 fully saturated rings. The normalized spacial score (nSPS) is 17.0. The maximum Gasteiger partial charge on any atom is 0.277 e. The number of benzene rings is 1. The molecule has 3 aromatic rings. The van der Waals surface area contributed by atoms with Gasteiger partial charge < -0.3 is 15.1 Å². The van der Waals surface area contributed by atoms with Crippen LogP contribution in [0.25, 0.3) is 11.3 Å². The maximum absolute atomic E-state index is 12.5. The molecular formula is C20H23ClN6O2. The van der Waals surface area contributed by atoms with Crippen LogP contribution in [0, 0.1) is 0 Å². The van der Waals surface area contributed by atoms with E-state index in [1.807, 2.05) is 24.3 Å². The Hall–Kier alpha value is -2.71. The van der Waals surface area contributed by atoms with E-state index in [0.717, 1.165) is 56.0 Å². The Bertz CT molecular complexity index is 973. The number of rotatable bonds is 5. The van der Waals surface area contributed by atoms with Crippen LogP contribution in [0.4, 0.5) is 5.69 Å². The smallest absolute Gasteiger partial charge is 0.277 e. The fourth-order valence-corrected chi connectivity index (χ4v) is 3.48. The van der Waals surface area contributed by atoms with Gasteiger partial charge in [0.15, 0.2) is 17.3 Å². The molecule has 2 N–H and O–H groups in total. The van der Waals surface area contributed by atoms with E-state index in [1.54, 1.807) is 17.1 Å². The van der Waals surface area contributed by atoms with Gasteiger partial charge in [-0.3, -0.25) is 4.79 Å². The molecule has 3 heterocycles. The van der Waals surface area contributed by atoms with Gasteiger partial charge in [0.25, 0.3) is 5.91 Å². The van der Waals surface area contributed by atoms with Crippen LogP contribution in [-0.2, 0) is 0 Å². The minimum atomic E-state index is -0.261. The number of hydrogen-bond donors (Lipinski definition) is 2. The van der Waals surface area contributed by atoms with Crippen molar-refractivity contribution in [2.24, 2.45) is 0 Å². The topological polar surface area (TPSA) is 97.9 Å². The summed E-state index contributed by atoms with van der Waals surface area (Å²) in [4.78, 5) is 16.8. The summed E-state index contributed by atoms with van der Waals surface area (Å²) >= 11 is 0. The van der Waals surface area contributed by atoms with Crippen LogP contribution in [0.1, 0.15) is 54.0 Å². The van der Waals surface area contributed by atoms with Gasteiger partial charge in [0.05, 0.1) is 18.4 Å². The molecule has 0 bridgehead atoms. The second-order valence-corrected chi connectivity index (χ2v) is 7.43. The first-order valence-electron chi connectivity index (χ1n) is 9.76. The summed E-state index contributed by atoms with van der Waals surface area (Å²) in [5.74, 6) is 1.81. The molecule has 9 heteroatoms. The van der Waals surface area contributed by atoms with E-state index in [2.05, 4.69) is 25.9 Å². The number of amides is 1. The number of piperidine rings is 1. The molecule has 1 aliphatic carbocycles. The SMILES string of the molecule is Cl.O=C(Nc1ccc(-c2cnc(C3CC3)o2)cc1)c1cn(C2CCNCC2)nn1. The number of aromatic nitrogens is 4. The number of carbonyl (C=O) groups is 1. The lowest BCUT2D eigenvalue weighted by molar-refractivity contribution is 0.102. The van der Waals surface area contributed by atoms with E-state index in [4.69, 9.17) is 4.42 Å². The predicted octanol–water partition coefficient (Wildman–Crippen LogP) is 3.41. The van der Waals surface area contributed by atoms with Crippen molar-refractivity contribution >= 4 is 24.0 Å². The Kier molecular flexibility index (Phi) is 5.64. The van der Waals surface area contributed by atoms with Gasteiger partial charge >= 0.3 is 0 Å². The summed E-state index contributed by atoms with van der Waals surface area (Å²) in [5, 5.41) is 14.4. The molecule has 29 heavy (non-hydrogen) atoms. The van der Waals surface area contributed by atoms with Crippen LogP contribution in [0.3, 0.4) is 0 Å². The van der Waals surface area contributed by atoms with Crippen molar-refractivity contribution in [3.8, 4) is 11.3 Å². The molecule has 1 aromatic carbocycles. The summed E-state index contributed by atoms with van der Waals surface area (Å²) in [7, 11) is 0. The molecule has 8 nitrogen and oxygen atoms in total. The highest BCUT2D eigenvalue weighted by atomic mass is 35.5. The molecule has 152 valence electrons. The van der Waals surface area contributed by atoms with E-state index in [1.165, 1.54) is 0 Å². The Balaban J connectivity index is 0.00000205. The van der Waals surface area contributed by atoms with Crippen LogP contribution < -0.4 is 10.6 Å². The van der Waals surface area contributed by atoms with Crippen molar-refractivity contribution in [1.29, 1.82) is 0 Å². The minimum Gasteiger partial charge on any atom is -0.440 e. The maximum atomic E-state index is 12.5. The van der Waals surface area contributed by atoms with Gasteiger partial charge in [-0.2, -0.15) is 0 Å². The number of halogens is 1. The Labute approximate surface area is 174 Å². The van der Waals surface area contributed by atoms with Crippen molar-refractivity contribution in [2.45, 2.75) is 37.6 Å². The number of hydrogen-bond acceptors (Lipinski definition) is 6. The fourth-order valence-electron chi connectivity index (χ4n) is 3.48. The third-order valence-corrected chi connectivity index (χ3v) is 5.30. The van der Waals surface area contributed by atoms with E-state index in [0.29, 0.717) is 23.3 Å². The summed E-state index contributed by atoms with van der Waals surface area (Å²) < 4.78 is 7.63. The molecule has 1 aliphatic heterocycles. The Morgan fingerprint density at radius 2 is 1.90 bits per heavy atom. The van der Waals surface area contributed by atoms with Crippen molar-refractivity contribution in [3.63, 3.8) is 0 Å². The van der Waals surface area contributed by atoms with Crippen LogP contribution in [0.5, 0.6) is 0 Å². The summed E-state index contributed by atoms with van der Waals surface area (Å²) in [6.07, 6.45) is 7.81. The highest BCUT2D eigenvalue weighted by Crippen LogP contribution is 2.40. The summed E-state index contributed by atoms with van der Waals surface area (Å²) in [5.41, 5.74) is 1.97. The number of nitrogens with one attached hydrogen (secondary N) is 2. The predicted molar refractivity (Wildman–Crippen MR) is 110 cm³/mol. The van der Waals surface area contributed by atoms with Gasteiger partial charge in [-0.1, -0.05) is 5.21 Å². The first-order valence-corrected chi connectivity index (χ1v) is 9.76. The van der Waals surface area contributed by atoms with Crippen LogP contribution in [0.2, 0.25) is 0 Å². The van der Waals surface area contributed by atoms with E-state index in [-0.39, 0.29) is 18.3 Å². The largest absolute Gasteiger partial charge is 0.440 e. The molecule has 1 saturated heterocycles. The summed E-state index contributed by atoms with van der Waals surface area (Å²) in [6, 6.07) is 7.84. The van der Waals surface area contributed by atoms with Gasteiger partial charge in [-0.05, 0) is 63.0 Å². The second kappa shape index (κ2) is 8.34. The zero-order valence-electron chi connectivity index (χ0n) is 15.9. The van der Waals surface area contributed by atoms with E-state index >= 15 is 0 Å². The zero-order valence-corrected chi connectivity index (χ0v) is 16.7. The Morgan fingerprint density at radius 1 is 1.14 bits per heavy atom. The number of anilines is 1. The third kappa shape index (κ3) is 4.33. The van der Waals surface area contributed by atoms with Crippen molar-refractivity contribution in [2.75, 3.05) is 18.4 Å². The Morgan fingerprint density at radius 3 is 2.62 bits per heavy atom. The van der Waals surface area contributed by atoms with Crippen molar-refractivity contribution in [1.82, 2.24) is 25.3 Å². The molecule has 0 radical (unpaired) electrons. The van der Waals surface area contributed by atoms with Crippen molar-refractivity contribution in [3.05, 3.63) is 48.2 Å². The van der Waals surface area contributed by atoms with E-state index < -0.39 is 0 Å². The first kappa shape index (κ1) is 19.6. The lowest BCUT2D eigenvalue weighted by Gasteiger charge is -2.22. The minimum absolute atomic E-state index is 0. The van der Waals surface area contributed by atoms with Gasteiger partial charge in [-0.25, -0.2) is 9.67 Å². The highest BCUT2D eigenvalue weighted by Gasteiger charge is 2.28. The average Bonchev–Trinajstić information content (AvgIpc) is 3.27. The third-order valence-electron chi connectivity index (χ3n) is 5.30. The fraction of sp³-hybridized carbons (Fsp3) is 0.400. The zero-order chi connectivity index (χ0) is 18.9. The van der Waals surface area contributed by atoms with Crippen LogP contribution in [-0.4, -0.2) is 39.0 Å². The molecule has 0 unspecified atom stereocenters. The van der Waals surface area contributed by atoms with Gasteiger partial charge in [0.2, 0.25) is 0 Å². The molecule has 5 rings (SSSR count). The second-order valence-electron chi connectivity index (χ2n) is 7.43. The quantitative estimate of drug-likeness (QED) is 0.663. The molecule has 2 aliphatic rings. The van der Waals surface area contributed by atoms with Gasteiger partial charge in [0.1, 0.15) is 0 Å². The molecule has 1 amide bonds. The lowest BCUT2D eigenvalue weighted by atomic mass is 10.1. The molecule has 0 atom stereocenters. The van der Waals surface area contributed by atoms with Crippen LogP contribution >= 0.6 is 12.4 Å². The first-order chi connectivity index (χ1) is 13.8. The average molecular weight is 415 g/mol. The monoisotopic (exact) mass is 414 g/mol. The van der Waals surface area contributed by atoms with E-state index in [9.17, 15) is 4.79 Å². The standard InChI is InChI=1S/C20H22N6O2.ClH/c27-19(17-12-26(25-24-17)16-7-9-21-10-8-16)23-15-5-3-13(4-6-15)18-11-22-20(28-18)14-1-2-14;/h3-6,11-12,14,16,21H,1-2,7-10H2,(H,23,27);1H. The number of oxazole rings is 1. The molecule has 2 aromatic heterocycles.